The van der Waals surface area contributed by atoms with Crippen molar-refractivity contribution in [3.8, 4) is 0 Å². The van der Waals surface area contributed by atoms with Crippen LogP contribution in [-0.2, 0) is 14.3 Å². The lowest BCUT2D eigenvalue weighted by Gasteiger charge is -2.32. The molecule has 1 N–H and O–H groups in total. The number of ether oxygens (including phenoxy) is 1. The summed E-state index contributed by atoms with van der Waals surface area (Å²) >= 11 is 0. The SMILES string of the molecule is CCCN1C(=O)C(C(=O)Nc2ccccc2C(=O)OCC)C(=O)c2ccccc21. The van der Waals surface area contributed by atoms with Gasteiger partial charge in [0, 0.05) is 12.1 Å². The lowest BCUT2D eigenvalue weighted by atomic mass is 9.89. The van der Waals surface area contributed by atoms with Crippen molar-refractivity contribution in [3.05, 3.63) is 59.7 Å². The summed E-state index contributed by atoms with van der Waals surface area (Å²) in [6, 6.07) is 13.1. The van der Waals surface area contributed by atoms with Gasteiger partial charge in [0.15, 0.2) is 11.7 Å². The summed E-state index contributed by atoms with van der Waals surface area (Å²) in [6.07, 6.45) is 0.675. The molecule has 29 heavy (non-hydrogen) atoms. The number of rotatable bonds is 6. The van der Waals surface area contributed by atoms with Crippen molar-refractivity contribution in [3.63, 3.8) is 0 Å². The lowest BCUT2D eigenvalue weighted by molar-refractivity contribution is -0.129. The largest absolute Gasteiger partial charge is 0.462 e. The summed E-state index contributed by atoms with van der Waals surface area (Å²) in [4.78, 5) is 52.5. The molecule has 0 saturated carbocycles. The first-order chi connectivity index (χ1) is 14.0. The minimum Gasteiger partial charge on any atom is -0.462 e. The van der Waals surface area contributed by atoms with Crippen molar-refractivity contribution < 1.29 is 23.9 Å². The standard InChI is InChI=1S/C22H22N2O5/c1-3-13-24-17-12-8-6-10-15(17)19(25)18(21(24)27)20(26)23-16-11-7-5-9-14(16)22(28)29-4-2/h5-12,18H,3-4,13H2,1-2H3,(H,23,26). The molecule has 1 heterocycles. The first-order valence-corrected chi connectivity index (χ1v) is 9.51. The molecule has 0 bridgehead atoms. The van der Waals surface area contributed by atoms with E-state index in [1.54, 1.807) is 43.3 Å². The highest BCUT2D eigenvalue weighted by molar-refractivity contribution is 6.33. The van der Waals surface area contributed by atoms with Crippen LogP contribution >= 0.6 is 0 Å². The Kier molecular flexibility index (Phi) is 6.07. The number of hydrogen-bond acceptors (Lipinski definition) is 5. The minimum absolute atomic E-state index is 0.157. The molecule has 3 rings (SSSR count). The number of carbonyl (C=O) groups is 4. The predicted molar refractivity (Wildman–Crippen MR) is 108 cm³/mol. The summed E-state index contributed by atoms with van der Waals surface area (Å²) in [5.74, 6) is -3.99. The van der Waals surface area contributed by atoms with E-state index in [2.05, 4.69) is 5.32 Å². The number of nitrogens with zero attached hydrogens (tertiary/aromatic N) is 1. The van der Waals surface area contributed by atoms with Gasteiger partial charge in [-0.1, -0.05) is 31.2 Å². The van der Waals surface area contributed by atoms with E-state index in [1.807, 2.05) is 6.92 Å². The van der Waals surface area contributed by atoms with Gasteiger partial charge in [-0.05, 0) is 37.6 Å². The van der Waals surface area contributed by atoms with Crippen molar-refractivity contribution in [1.82, 2.24) is 0 Å². The molecule has 0 spiro atoms. The lowest BCUT2D eigenvalue weighted by Crippen LogP contribution is -2.49. The maximum absolute atomic E-state index is 13.0. The number of anilines is 2. The fourth-order valence-corrected chi connectivity index (χ4v) is 3.33. The zero-order valence-electron chi connectivity index (χ0n) is 16.3. The fourth-order valence-electron chi connectivity index (χ4n) is 3.33. The van der Waals surface area contributed by atoms with Gasteiger partial charge in [-0.2, -0.15) is 0 Å². The third-order valence-electron chi connectivity index (χ3n) is 4.63. The van der Waals surface area contributed by atoms with Crippen molar-refractivity contribution in [1.29, 1.82) is 0 Å². The number of hydrogen-bond donors (Lipinski definition) is 1. The predicted octanol–water partition coefficient (Wildman–Crippen LogP) is 3.06. The van der Waals surface area contributed by atoms with Gasteiger partial charge in [0.1, 0.15) is 0 Å². The Morgan fingerprint density at radius 3 is 2.45 bits per heavy atom. The van der Waals surface area contributed by atoms with Crippen molar-refractivity contribution in [2.24, 2.45) is 5.92 Å². The number of para-hydroxylation sites is 2. The van der Waals surface area contributed by atoms with Crippen LogP contribution in [0.5, 0.6) is 0 Å². The number of esters is 1. The average molecular weight is 394 g/mol. The van der Waals surface area contributed by atoms with Gasteiger partial charge in [-0.15, -0.1) is 0 Å². The van der Waals surface area contributed by atoms with Crippen LogP contribution in [0.2, 0.25) is 0 Å². The molecule has 0 radical (unpaired) electrons. The molecular weight excluding hydrogens is 372 g/mol. The maximum atomic E-state index is 13.0. The Morgan fingerprint density at radius 1 is 1.03 bits per heavy atom. The molecule has 1 aliphatic rings. The number of nitrogens with one attached hydrogen (secondary N) is 1. The Balaban J connectivity index is 1.93. The maximum Gasteiger partial charge on any atom is 0.340 e. The Morgan fingerprint density at radius 2 is 1.72 bits per heavy atom. The first-order valence-electron chi connectivity index (χ1n) is 9.51. The second-order valence-corrected chi connectivity index (χ2v) is 6.56. The molecule has 2 aromatic carbocycles. The van der Waals surface area contributed by atoms with E-state index >= 15 is 0 Å². The van der Waals surface area contributed by atoms with E-state index in [0.717, 1.165) is 0 Å². The van der Waals surface area contributed by atoms with Crippen molar-refractivity contribution in [2.45, 2.75) is 20.3 Å². The topological polar surface area (TPSA) is 92.8 Å². The van der Waals surface area contributed by atoms with E-state index < -0.39 is 29.5 Å². The summed E-state index contributed by atoms with van der Waals surface area (Å²) < 4.78 is 5.00. The zero-order valence-corrected chi connectivity index (χ0v) is 16.3. The Bertz CT molecular complexity index is 969. The van der Waals surface area contributed by atoms with Crippen LogP contribution in [0.4, 0.5) is 11.4 Å². The van der Waals surface area contributed by atoms with Crippen LogP contribution in [0.15, 0.2) is 48.5 Å². The van der Waals surface area contributed by atoms with E-state index in [9.17, 15) is 19.2 Å². The van der Waals surface area contributed by atoms with Crippen LogP contribution in [0.1, 0.15) is 41.0 Å². The molecule has 0 fully saturated rings. The van der Waals surface area contributed by atoms with E-state index in [1.165, 1.54) is 17.0 Å². The van der Waals surface area contributed by atoms with Crippen LogP contribution in [0, 0.1) is 5.92 Å². The zero-order chi connectivity index (χ0) is 21.0. The van der Waals surface area contributed by atoms with Gasteiger partial charge in [0.25, 0.3) is 0 Å². The highest BCUT2D eigenvalue weighted by Gasteiger charge is 2.43. The molecule has 0 aromatic heterocycles. The van der Waals surface area contributed by atoms with Crippen LogP contribution in [-0.4, -0.2) is 36.7 Å². The monoisotopic (exact) mass is 394 g/mol. The Labute approximate surface area is 168 Å². The average Bonchev–Trinajstić information content (AvgIpc) is 2.72. The third kappa shape index (κ3) is 3.89. The fraction of sp³-hybridized carbons (Fsp3) is 0.273. The van der Waals surface area contributed by atoms with Crippen LogP contribution < -0.4 is 10.2 Å². The molecule has 7 heteroatoms. The molecule has 1 aliphatic heterocycles. The van der Waals surface area contributed by atoms with Crippen molar-refractivity contribution >= 4 is 34.9 Å². The first kappa shape index (κ1) is 20.3. The van der Waals surface area contributed by atoms with Gasteiger partial charge in [-0.25, -0.2) is 4.79 Å². The molecule has 2 amide bonds. The molecule has 2 aromatic rings. The highest BCUT2D eigenvalue weighted by atomic mass is 16.5. The van der Waals surface area contributed by atoms with Gasteiger partial charge in [0.05, 0.1) is 23.5 Å². The van der Waals surface area contributed by atoms with E-state index in [4.69, 9.17) is 4.74 Å². The third-order valence-corrected chi connectivity index (χ3v) is 4.63. The summed E-state index contributed by atoms with van der Waals surface area (Å²) in [5, 5.41) is 2.57. The number of ketones is 1. The molecule has 150 valence electrons. The number of amides is 2. The minimum atomic E-state index is -1.51. The summed E-state index contributed by atoms with van der Waals surface area (Å²) in [6.45, 7) is 4.17. The molecule has 0 aliphatic carbocycles. The smallest absolute Gasteiger partial charge is 0.340 e. The van der Waals surface area contributed by atoms with E-state index in [0.29, 0.717) is 24.2 Å². The quantitative estimate of drug-likeness (QED) is 0.600. The summed E-state index contributed by atoms with van der Waals surface area (Å²) in [5.41, 5.74) is 1.20. The van der Waals surface area contributed by atoms with Crippen LogP contribution in [0.25, 0.3) is 0 Å². The van der Waals surface area contributed by atoms with Crippen LogP contribution in [0.3, 0.4) is 0 Å². The van der Waals surface area contributed by atoms with Crippen molar-refractivity contribution in [2.75, 3.05) is 23.4 Å². The van der Waals surface area contributed by atoms with Gasteiger partial charge >= 0.3 is 5.97 Å². The molecule has 7 nitrogen and oxygen atoms in total. The highest BCUT2D eigenvalue weighted by Crippen LogP contribution is 2.31. The van der Waals surface area contributed by atoms with Gasteiger partial charge in [-0.3, -0.25) is 14.4 Å². The molecule has 0 saturated heterocycles. The second kappa shape index (κ2) is 8.68. The molecule has 1 atom stereocenters. The molecular formula is C22H22N2O5. The summed E-state index contributed by atoms with van der Waals surface area (Å²) in [7, 11) is 0. The van der Waals surface area contributed by atoms with Gasteiger partial charge < -0.3 is 15.0 Å². The Hall–Kier alpha value is -3.48. The normalized spacial score (nSPS) is 15.7. The molecule has 1 unspecified atom stereocenters. The number of Topliss-reactive ketones (excluding diaryl/α,β-unsaturated/α-hetero) is 1. The number of fused-ring (bicyclic) bond motifs is 1. The van der Waals surface area contributed by atoms with Gasteiger partial charge in [0.2, 0.25) is 11.8 Å². The number of carbonyl (C=O) groups excluding carboxylic acids is 4. The van der Waals surface area contributed by atoms with E-state index in [-0.39, 0.29) is 17.9 Å². The number of benzene rings is 2. The second-order valence-electron chi connectivity index (χ2n) is 6.56.